The van der Waals surface area contributed by atoms with E-state index in [2.05, 4.69) is 16.0 Å². The molecule has 0 saturated heterocycles. The number of amides is 3. The summed E-state index contributed by atoms with van der Waals surface area (Å²) in [5, 5.41) is 8.21. The third-order valence-electron chi connectivity index (χ3n) is 3.37. The van der Waals surface area contributed by atoms with Gasteiger partial charge in [0.2, 0.25) is 5.91 Å². The first-order valence-corrected chi connectivity index (χ1v) is 7.93. The number of para-hydroxylation sites is 1. The average Bonchev–Trinajstić information content (AvgIpc) is 2.61. The predicted octanol–water partition coefficient (Wildman–Crippen LogP) is 3.02. The second-order valence-electron chi connectivity index (χ2n) is 5.30. The topological polar surface area (TPSA) is 105 Å². The highest BCUT2D eigenvalue weighted by Crippen LogP contribution is 2.28. The molecule has 0 aromatic heterocycles. The predicted molar refractivity (Wildman–Crippen MR) is 99.0 cm³/mol. The van der Waals surface area contributed by atoms with E-state index in [-0.39, 0.29) is 11.9 Å². The molecule has 2 rings (SSSR count). The molecule has 0 atom stereocenters. The van der Waals surface area contributed by atoms with Gasteiger partial charge in [-0.15, -0.1) is 0 Å². The van der Waals surface area contributed by atoms with Crippen LogP contribution in [0.3, 0.4) is 0 Å². The zero-order valence-corrected chi connectivity index (χ0v) is 14.0. The number of hydrogen-bond acceptors (Lipinski definition) is 4. The van der Waals surface area contributed by atoms with E-state index in [9.17, 15) is 9.59 Å². The molecule has 5 N–H and O–H groups in total. The van der Waals surface area contributed by atoms with Crippen molar-refractivity contribution in [2.75, 3.05) is 29.6 Å². The van der Waals surface area contributed by atoms with Crippen LogP contribution in [0, 0.1) is 0 Å². The van der Waals surface area contributed by atoms with E-state index in [1.807, 2.05) is 18.2 Å². The van der Waals surface area contributed by atoms with Crippen molar-refractivity contribution in [1.82, 2.24) is 0 Å². The summed E-state index contributed by atoms with van der Waals surface area (Å²) >= 11 is 0. The van der Waals surface area contributed by atoms with Gasteiger partial charge in [0.15, 0.2) is 0 Å². The van der Waals surface area contributed by atoms with Gasteiger partial charge in [0, 0.05) is 17.8 Å². The Balaban J connectivity index is 2.04. The molecule has 7 nitrogen and oxygen atoms in total. The van der Waals surface area contributed by atoms with E-state index in [0.29, 0.717) is 42.2 Å². The highest BCUT2D eigenvalue weighted by molar-refractivity contribution is 6.00. The highest BCUT2D eigenvalue weighted by Gasteiger charge is 2.10. The minimum Gasteiger partial charge on any atom is -0.495 e. The second-order valence-corrected chi connectivity index (χ2v) is 5.30. The highest BCUT2D eigenvalue weighted by atomic mass is 16.5. The SMILES string of the molecule is COc1ccc(NC(=O)Nc2ccccc2)cc1NC(=O)CCCN. The van der Waals surface area contributed by atoms with Crippen LogP contribution < -0.4 is 26.4 Å². The number of rotatable bonds is 7. The zero-order chi connectivity index (χ0) is 18.1. The number of urea groups is 1. The second kappa shape index (κ2) is 9.29. The van der Waals surface area contributed by atoms with Crippen molar-refractivity contribution in [2.45, 2.75) is 12.8 Å². The molecule has 132 valence electrons. The van der Waals surface area contributed by atoms with Crippen LogP contribution in [-0.2, 0) is 4.79 Å². The summed E-state index contributed by atoms with van der Waals surface area (Å²) in [6.07, 6.45) is 0.928. The van der Waals surface area contributed by atoms with Crippen molar-refractivity contribution in [3.05, 3.63) is 48.5 Å². The van der Waals surface area contributed by atoms with E-state index in [1.54, 1.807) is 30.3 Å². The number of nitrogens with two attached hydrogens (primary N) is 1. The van der Waals surface area contributed by atoms with E-state index in [1.165, 1.54) is 7.11 Å². The van der Waals surface area contributed by atoms with Gasteiger partial charge < -0.3 is 26.4 Å². The van der Waals surface area contributed by atoms with Crippen LogP contribution in [0.15, 0.2) is 48.5 Å². The van der Waals surface area contributed by atoms with E-state index in [4.69, 9.17) is 10.5 Å². The zero-order valence-electron chi connectivity index (χ0n) is 14.0. The largest absolute Gasteiger partial charge is 0.495 e. The van der Waals surface area contributed by atoms with Gasteiger partial charge in [-0.2, -0.15) is 0 Å². The lowest BCUT2D eigenvalue weighted by Gasteiger charge is -2.13. The summed E-state index contributed by atoms with van der Waals surface area (Å²) in [5.41, 5.74) is 7.11. The van der Waals surface area contributed by atoms with Crippen molar-refractivity contribution < 1.29 is 14.3 Å². The number of benzene rings is 2. The fourth-order valence-electron chi connectivity index (χ4n) is 2.17. The minimum absolute atomic E-state index is 0.158. The Morgan fingerprint density at radius 2 is 1.72 bits per heavy atom. The van der Waals surface area contributed by atoms with Gasteiger partial charge in [-0.1, -0.05) is 18.2 Å². The van der Waals surface area contributed by atoms with Gasteiger partial charge in [-0.25, -0.2) is 4.79 Å². The van der Waals surface area contributed by atoms with Crippen molar-refractivity contribution in [2.24, 2.45) is 5.73 Å². The number of hydrogen-bond donors (Lipinski definition) is 4. The Hall–Kier alpha value is -3.06. The molecule has 0 unspecified atom stereocenters. The molecular formula is C18H22N4O3. The molecule has 7 heteroatoms. The molecule has 0 bridgehead atoms. The summed E-state index contributed by atoms with van der Waals surface area (Å²) < 4.78 is 5.24. The van der Waals surface area contributed by atoms with Crippen LogP contribution in [0.25, 0.3) is 0 Å². The number of ether oxygens (including phenoxy) is 1. The molecule has 0 radical (unpaired) electrons. The lowest BCUT2D eigenvalue weighted by molar-refractivity contribution is -0.116. The van der Waals surface area contributed by atoms with E-state index < -0.39 is 0 Å². The van der Waals surface area contributed by atoms with Crippen LogP contribution in [0.4, 0.5) is 21.9 Å². The van der Waals surface area contributed by atoms with Crippen LogP contribution in [0.5, 0.6) is 5.75 Å². The smallest absolute Gasteiger partial charge is 0.323 e. The summed E-state index contributed by atoms with van der Waals surface area (Å²) in [5.74, 6) is 0.352. The van der Waals surface area contributed by atoms with Crippen molar-refractivity contribution in [1.29, 1.82) is 0 Å². The van der Waals surface area contributed by atoms with Crippen molar-refractivity contribution >= 4 is 29.0 Å². The number of carbonyl (C=O) groups excluding carboxylic acids is 2. The fraction of sp³-hybridized carbons (Fsp3) is 0.222. The first-order chi connectivity index (χ1) is 12.1. The molecule has 0 aliphatic carbocycles. The summed E-state index contributed by atoms with van der Waals surface area (Å²) in [6, 6.07) is 13.7. The summed E-state index contributed by atoms with van der Waals surface area (Å²) in [7, 11) is 1.51. The van der Waals surface area contributed by atoms with Crippen LogP contribution in [0.1, 0.15) is 12.8 Å². The van der Waals surface area contributed by atoms with Gasteiger partial charge in [0.1, 0.15) is 5.75 Å². The van der Waals surface area contributed by atoms with Crippen LogP contribution in [-0.4, -0.2) is 25.6 Å². The first-order valence-electron chi connectivity index (χ1n) is 7.93. The number of methoxy groups -OCH3 is 1. The Morgan fingerprint density at radius 3 is 2.40 bits per heavy atom. The van der Waals surface area contributed by atoms with Gasteiger partial charge >= 0.3 is 6.03 Å². The number of anilines is 3. The molecule has 0 saturated carbocycles. The normalized spacial score (nSPS) is 10.0. The standard InChI is InChI=1S/C18H22N4O3/c1-25-16-10-9-14(12-15(16)22-17(23)8-5-11-19)21-18(24)20-13-6-3-2-4-7-13/h2-4,6-7,9-10,12H,5,8,11,19H2,1H3,(H,22,23)(H2,20,21,24). The molecule has 0 aliphatic heterocycles. The molecule has 3 amide bonds. The lowest BCUT2D eigenvalue weighted by atomic mass is 10.2. The van der Waals surface area contributed by atoms with Gasteiger partial charge in [0.05, 0.1) is 12.8 Å². The molecule has 0 aliphatic rings. The Labute approximate surface area is 146 Å². The van der Waals surface area contributed by atoms with Crippen molar-refractivity contribution in [3.63, 3.8) is 0 Å². The first kappa shape index (κ1) is 18.3. The Bertz CT molecular complexity index is 720. The average molecular weight is 342 g/mol. The van der Waals surface area contributed by atoms with E-state index >= 15 is 0 Å². The van der Waals surface area contributed by atoms with Gasteiger partial charge in [-0.05, 0) is 43.3 Å². The van der Waals surface area contributed by atoms with Crippen molar-refractivity contribution in [3.8, 4) is 5.75 Å². The summed E-state index contributed by atoms with van der Waals surface area (Å²) in [6.45, 7) is 0.450. The van der Waals surface area contributed by atoms with Crippen LogP contribution in [0.2, 0.25) is 0 Å². The molecular weight excluding hydrogens is 320 g/mol. The van der Waals surface area contributed by atoms with Crippen LogP contribution >= 0.6 is 0 Å². The molecule has 2 aromatic rings. The molecule has 2 aromatic carbocycles. The minimum atomic E-state index is -0.378. The third-order valence-corrected chi connectivity index (χ3v) is 3.37. The third kappa shape index (κ3) is 5.82. The molecule has 0 fully saturated rings. The number of carbonyl (C=O) groups is 2. The van der Waals surface area contributed by atoms with Gasteiger partial charge in [-0.3, -0.25) is 4.79 Å². The Kier molecular flexibility index (Phi) is 6.79. The molecule has 25 heavy (non-hydrogen) atoms. The maximum atomic E-state index is 12.1. The van der Waals surface area contributed by atoms with E-state index in [0.717, 1.165) is 0 Å². The fourth-order valence-corrected chi connectivity index (χ4v) is 2.17. The maximum absolute atomic E-state index is 12.1. The van der Waals surface area contributed by atoms with Gasteiger partial charge in [0.25, 0.3) is 0 Å². The maximum Gasteiger partial charge on any atom is 0.323 e. The molecule has 0 spiro atoms. The Morgan fingerprint density at radius 1 is 1.00 bits per heavy atom. The molecule has 0 heterocycles. The monoisotopic (exact) mass is 342 g/mol. The number of nitrogens with one attached hydrogen (secondary N) is 3. The summed E-state index contributed by atoms with van der Waals surface area (Å²) in [4.78, 5) is 23.9. The quantitative estimate of drug-likeness (QED) is 0.620. The lowest BCUT2D eigenvalue weighted by Crippen LogP contribution is -2.19.